The molecule has 5 rings (SSSR count). The second-order valence-corrected chi connectivity index (χ2v) is 10.7. The zero-order chi connectivity index (χ0) is 33.2. The molecule has 46 heavy (non-hydrogen) atoms. The molecule has 1 fully saturated rings. The van der Waals surface area contributed by atoms with Gasteiger partial charge in [-0.25, -0.2) is 19.9 Å². The van der Waals surface area contributed by atoms with Crippen LogP contribution < -0.4 is 15.1 Å². The number of nitrogens with zero attached hydrogens (tertiary/aromatic N) is 5. The first-order valence-corrected chi connectivity index (χ1v) is 14.2. The average Bonchev–Trinajstić information content (AvgIpc) is 3.62. The Morgan fingerprint density at radius 3 is 2.37 bits per heavy atom. The van der Waals surface area contributed by atoms with Crippen molar-refractivity contribution in [1.29, 1.82) is 0 Å². The van der Waals surface area contributed by atoms with Crippen LogP contribution >= 0.6 is 11.8 Å². The fraction of sp³-hybridized carbons (Fsp3) is 0.207. The molecule has 1 aromatic heterocycles. The molecule has 1 atom stereocenters. The van der Waals surface area contributed by atoms with Gasteiger partial charge in [-0.3, -0.25) is 14.5 Å². The van der Waals surface area contributed by atoms with Crippen molar-refractivity contribution in [3.63, 3.8) is 0 Å². The van der Waals surface area contributed by atoms with Gasteiger partial charge in [0.15, 0.2) is 11.0 Å². The number of aryl methyl sites for hydroxylation is 1. The minimum absolute atomic E-state index is 0.197. The van der Waals surface area contributed by atoms with Gasteiger partial charge in [-0.15, -0.1) is 18.3 Å². The summed E-state index contributed by atoms with van der Waals surface area (Å²) in [5.41, 5.74) is 2.85. The van der Waals surface area contributed by atoms with Crippen molar-refractivity contribution < 1.29 is 45.5 Å². The van der Waals surface area contributed by atoms with Gasteiger partial charge in [-0.1, -0.05) is 42.1 Å². The van der Waals surface area contributed by atoms with Crippen molar-refractivity contribution in [3.05, 3.63) is 89.7 Å². The standard InChI is InChI=1S/C29H22F6N6O4S/c1-16-3-12-22(28(30,31)32)23(13-16)41-24(42)14-46-27(41)37-26(43)39-45-17(2)18-4-6-19(7-5-18)25-36-15-40(38-25)20-8-10-21(11-9-20)44-29(33,34)35/h3-13,15,17H,14H2,1-2H3,(H,39,43). The lowest BCUT2D eigenvalue weighted by atomic mass is 10.1. The van der Waals surface area contributed by atoms with Crippen LogP contribution in [-0.4, -0.2) is 44.0 Å². The number of thioether (sulfide) groups is 1. The number of hydrogen-bond acceptors (Lipinski definition) is 7. The van der Waals surface area contributed by atoms with E-state index in [4.69, 9.17) is 4.84 Å². The van der Waals surface area contributed by atoms with E-state index in [-0.39, 0.29) is 16.7 Å². The summed E-state index contributed by atoms with van der Waals surface area (Å²) in [6.07, 6.45) is -8.84. The average molecular weight is 665 g/mol. The van der Waals surface area contributed by atoms with Crippen LogP contribution in [0.3, 0.4) is 0 Å². The van der Waals surface area contributed by atoms with E-state index in [9.17, 15) is 35.9 Å². The zero-order valence-corrected chi connectivity index (χ0v) is 24.6. The fourth-order valence-electron chi connectivity index (χ4n) is 4.29. The van der Waals surface area contributed by atoms with Gasteiger partial charge < -0.3 is 4.74 Å². The monoisotopic (exact) mass is 664 g/mol. The smallest absolute Gasteiger partial charge is 0.406 e. The summed E-state index contributed by atoms with van der Waals surface area (Å²) in [6.45, 7) is 3.21. The highest BCUT2D eigenvalue weighted by atomic mass is 32.2. The molecule has 1 unspecified atom stereocenters. The van der Waals surface area contributed by atoms with Crippen molar-refractivity contribution in [1.82, 2.24) is 20.2 Å². The van der Waals surface area contributed by atoms with Crippen LogP contribution in [0.1, 0.15) is 29.7 Å². The Kier molecular flexibility index (Phi) is 9.07. The predicted octanol–water partition coefficient (Wildman–Crippen LogP) is 7.00. The number of aliphatic imine (C=N–C) groups is 1. The SMILES string of the molecule is Cc1ccc(C(F)(F)F)c(N2C(=O)CSC2=NC(=O)NOC(C)c2ccc(-c3ncn(-c4ccc(OC(F)(F)F)cc4)n3)cc2)c1. The van der Waals surface area contributed by atoms with Crippen molar-refractivity contribution in [3.8, 4) is 22.8 Å². The van der Waals surface area contributed by atoms with Crippen LogP contribution in [0.15, 0.2) is 78.0 Å². The number of rotatable bonds is 7. The molecule has 0 saturated carbocycles. The highest BCUT2D eigenvalue weighted by Gasteiger charge is 2.40. The number of hydrogen-bond donors (Lipinski definition) is 1. The number of nitrogens with one attached hydrogen (secondary N) is 1. The number of halogens is 6. The fourth-order valence-corrected chi connectivity index (χ4v) is 5.15. The molecule has 1 N–H and O–H groups in total. The lowest BCUT2D eigenvalue weighted by molar-refractivity contribution is -0.274. The summed E-state index contributed by atoms with van der Waals surface area (Å²) in [5, 5.41) is 4.12. The first-order chi connectivity index (χ1) is 21.7. The number of benzene rings is 3. The van der Waals surface area contributed by atoms with Crippen LogP contribution in [0.4, 0.5) is 36.8 Å². The number of carbonyl (C=O) groups excluding carboxylic acids is 2. The second-order valence-electron chi connectivity index (χ2n) is 9.77. The van der Waals surface area contributed by atoms with Crippen LogP contribution in [-0.2, 0) is 15.8 Å². The maximum Gasteiger partial charge on any atom is 0.573 e. The molecule has 3 amide bonds. The number of ether oxygens (including phenoxy) is 1. The first kappa shape index (κ1) is 32.5. The quantitative estimate of drug-likeness (QED) is 0.167. The normalized spacial score (nSPS) is 15.3. The summed E-state index contributed by atoms with van der Waals surface area (Å²) < 4.78 is 83.4. The van der Waals surface area contributed by atoms with Crippen molar-refractivity contribution >= 4 is 34.6 Å². The molecular weight excluding hydrogens is 642 g/mol. The maximum atomic E-state index is 13.6. The number of carbonyl (C=O) groups is 2. The lowest BCUT2D eigenvalue weighted by Crippen LogP contribution is -2.33. The Morgan fingerprint density at radius 1 is 1.02 bits per heavy atom. The molecule has 0 spiro atoms. The van der Waals surface area contributed by atoms with Crippen LogP contribution in [0.25, 0.3) is 17.1 Å². The molecule has 0 aliphatic carbocycles. The maximum absolute atomic E-state index is 13.6. The van der Waals surface area contributed by atoms with Gasteiger partial charge in [0.25, 0.3) is 0 Å². The van der Waals surface area contributed by atoms with E-state index in [1.807, 2.05) is 0 Å². The molecule has 10 nitrogen and oxygen atoms in total. The highest BCUT2D eigenvalue weighted by Crippen LogP contribution is 2.40. The predicted molar refractivity (Wildman–Crippen MR) is 155 cm³/mol. The minimum Gasteiger partial charge on any atom is -0.406 e. The summed E-state index contributed by atoms with van der Waals surface area (Å²) in [4.78, 5) is 39.2. The third-order valence-corrected chi connectivity index (χ3v) is 7.37. The molecule has 1 aliphatic heterocycles. The van der Waals surface area contributed by atoms with E-state index in [1.54, 1.807) is 38.1 Å². The number of alkyl halides is 6. The Hall–Kier alpha value is -4.90. The molecule has 1 aliphatic rings. The van der Waals surface area contributed by atoms with Crippen molar-refractivity contribution in [2.75, 3.05) is 10.7 Å². The van der Waals surface area contributed by atoms with E-state index < -0.39 is 41.8 Å². The molecule has 1 saturated heterocycles. The van der Waals surface area contributed by atoms with E-state index in [0.29, 0.717) is 28.2 Å². The second kappa shape index (κ2) is 12.8. The molecule has 17 heteroatoms. The van der Waals surface area contributed by atoms with E-state index in [1.165, 1.54) is 35.3 Å². The van der Waals surface area contributed by atoms with Gasteiger partial charge in [-0.05, 0) is 61.4 Å². The van der Waals surface area contributed by atoms with Gasteiger partial charge in [0.05, 0.1) is 22.7 Å². The molecule has 0 bridgehead atoms. The summed E-state index contributed by atoms with van der Waals surface area (Å²) in [6, 6.07) is 14.2. The molecular formula is C29H22F6N6O4S. The van der Waals surface area contributed by atoms with Gasteiger partial charge in [0.1, 0.15) is 18.2 Å². The Balaban J connectivity index is 1.21. The van der Waals surface area contributed by atoms with E-state index >= 15 is 0 Å². The molecule has 3 aromatic carbocycles. The largest absolute Gasteiger partial charge is 0.573 e. The summed E-state index contributed by atoms with van der Waals surface area (Å²) in [7, 11) is 0. The third kappa shape index (κ3) is 7.66. The number of amidine groups is 1. The summed E-state index contributed by atoms with van der Waals surface area (Å²) >= 11 is 0.822. The first-order valence-electron chi connectivity index (χ1n) is 13.2. The molecule has 2 heterocycles. The Bertz CT molecular complexity index is 1770. The minimum atomic E-state index is -4.80. The Labute approximate surface area is 261 Å². The van der Waals surface area contributed by atoms with Gasteiger partial charge >= 0.3 is 18.6 Å². The van der Waals surface area contributed by atoms with E-state index in [0.717, 1.165) is 34.9 Å². The van der Waals surface area contributed by atoms with Crippen LogP contribution in [0.2, 0.25) is 0 Å². The van der Waals surface area contributed by atoms with Crippen molar-refractivity contribution in [2.45, 2.75) is 32.5 Å². The zero-order valence-electron chi connectivity index (χ0n) is 23.8. The lowest BCUT2D eigenvalue weighted by Gasteiger charge is -2.21. The number of urea groups is 1. The van der Waals surface area contributed by atoms with Gasteiger partial charge in [0.2, 0.25) is 5.91 Å². The molecule has 240 valence electrons. The topological polar surface area (TPSA) is 111 Å². The molecule has 4 aromatic rings. The number of amides is 3. The van der Waals surface area contributed by atoms with Crippen LogP contribution in [0.5, 0.6) is 5.75 Å². The van der Waals surface area contributed by atoms with Gasteiger partial charge in [-0.2, -0.15) is 18.2 Å². The van der Waals surface area contributed by atoms with Gasteiger partial charge in [0, 0.05) is 5.56 Å². The number of hydroxylamine groups is 1. The van der Waals surface area contributed by atoms with Crippen LogP contribution in [0, 0.1) is 6.92 Å². The highest BCUT2D eigenvalue weighted by molar-refractivity contribution is 8.15. The molecule has 0 radical (unpaired) electrons. The number of anilines is 1. The third-order valence-electron chi connectivity index (χ3n) is 6.45. The Morgan fingerprint density at radius 2 is 1.72 bits per heavy atom. The number of aromatic nitrogens is 3. The summed E-state index contributed by atoms with van der Waals surface area (Å²) in [5.74, 6) is -0.898. The van der Waals surface area contributed by atoms with E-state index in [2.05, 4.69) is 25.3 Å². The van der Waals surface area contributed by atoms with Crippen molar-refractivity contribution in [2.24, 2.45) is 4.99 Å².